The van der Waals surface area contributed by atoms with Crippen LogP contribution in [0.25, 0.3) is 28.3 Å². The Morgan fingerprint density at radius 1 is 0.833 bits per heavy atom. The maximum Gasteiger partial charge on any atom is 0.214 e. The first-order chi connectivity index (χ1) is 11.5. The van der Waals surface area contributed by atoms with Crippen LogP contribution in [0, 0.1) is 0 Å². The average molecular weight is 377 g/mol. The molecule has 4 rings (SSSR count). The van der Waals surface area contributed by atoms with Crippen LogP contribution in [0.3, 0.4) is 0 Å². The molecule has 4 aromatic rings. The van der Waals surface area contributed by atoms with Crippen LogP contribution in [0.1, 0.15) is 0 Å². The second-order valence-corrected chi connectivity index (χ2v) is 6.79. The Bertz CT molecular complexity index is 1050. The van der Waals surface area contributed by atoms with Gasteiger partial charge in [0.15, 0.2) is 0 Å². The van der Waals surface area contributed by atoms with E-state index in [0.29, 0.717) is 15.1 Å². The molecule has 0 N–H and O–H groups in total. The Hall–Kier alpha value is -1.94. The zero-order chi connectivity index (χ0) is 16.8. The van der Waals surface area contributed by atoms with Crippen LogP contribution >= 0.6 is 34.8 Å². The molecule has 3 nitrogen and oxygen atoms in total. The third-order valence-corrected chi connectivity index (χ3v) is 4.98. The number of aryl methyl sites for hydroxylation is 1. The molecule has 0 saturated heterocycles. The number of fused-ring (bicyclic) bond motifs is 1. The largest absolute Gasteiger partial charge is 0.313 e. The molecule has 0 spiro atoms. The van der Waals surface area contributed by atoms with Crippen molar-refractivity contribution in [1.82, 2.24) is 14.0 Å². The summed E-state index contributed by atoms with van der Waals surface area (Å²) in [5.74, 6) is 0.848. The third-order valence-electron chi connectivity index (χ3n) is 3.99. The molecule has 0 aliphatic carbocycles. The van der Waals surface area contributed by atoms with Crippen molar-refractivity contribution in [3.8, 4) is 22.5 Å². The molecule has 2 heterocycles. The lowest BCUT2D eigenvalue weighted by molar-refractivity contribution is 0.945. The summed E-state index contributed by atoms with van der Waals surface area (Å²) in [6.45, 7) is 0. The Balaban J connectivity index is 1.80. The number of rotatable bonds is 2. The number of imidazole rings is 2. The van der Waals surface area contributed by atoms with Crippen LogP contribution in [0.15, 0.2) is 54.9 Å². The minimum atomic E-state index is 0.537. The summed E-state index contributed by atoms with van der Waals surface area (Å²) in [5, 5.41) is 1.80. The minimum absolute atomic E-state index is 0.537. The zero-order valence-corrected chi connectivity index (χ0v) is 14.9. The molecule has 0 aliphatic heterocycles. The van der Waals surface area contributed by atoms with Gasteiger partial charge in [-0.25, -0.2) is 4.98 Å². The lowest BCUT2D eigenvalue weighted by atomic mass is 10.1. The van der Waals surface area contributed by atoms with Gasteiger partial charge >= 0.3 is 0 Å². The van der Waals surface area contributed by atoms with Crippen molar-refractivity contribution in [3.05, 3.63) is 69.9 Å². The molecule has 0 fully saturated rings. The van der Waals surface area contributed by atoms with Crippen LogP contribution in [-0.2, 0) is 7.05 Å². The van der Waals surface area contributed by atoms with E-state index in [-0.39, 0.29) is 0 Å². The molecule has 24 heavy (non-hydrogen) atoms. The molecule has 120 valence electrons. The van der Waals surface area contributed by atoms with Crippen LogP contribution in [-0.4, -0.2) is 14.0 Å². The fourth-order valence-electron chi connectivity index (χ4n) is 2.74. The predicted octanol–water partition coefficient (Wildman–Crippen LogP) is 5.97. The lowest BCUT2D eigenvalue weighted by Gasteiger charge is -2.04. The second kappa shape index (κ2) is 5.85. The summed E-state index contributed by atoms with van der Waals surface area (Å²) in [6, 6.07) is 13.3. The van der Waals surface area contributed by atoms with Crippen LogP contribution in [0.5, 0.6) is 0 Å². The van der Waals surface area contributed by atoms with Gasteiger partial charge in [-0.1, -0.05) is 53.0 Å². The van der Waals surface area contributed by atoms with Gasteiger partial charge in [0.25, 0.3) is 0 Å². The molecular weight excluding hydrogens is 365 g/mol. The molecule has 2 aromatic carbocycles. The van der Waals surface area contributed by atoms with E-state index in [0.717, 1.165) is 28.3 Å². The van der Waals surface area contributed by atoms with Gasteiger partial charge in [0.2, 0.25) is 5.78 Å². The van der Waals surface area contributed by atoms with E-state index in [1.165, 1.54) is 0 Å². The fourth-order valence-corrected chi connectivity index (χ4v) is 3.16. The molecule has 6 heteroatoms. The Morgan fingerprint density at radius 2 is 1.54 bits per heavy atom. The Labute approximate surface area is 154 Å². The van der Waals surface area contributed by atoms with Gasteiger partial charge in [0.1, 0.15) is 0 Å². The predicted molar refractivity (Wildman–Crippen MR) is 100 cm³/mol. The quantitative estimate of drug-likeness (QED) is 0.422. The van der Waals surface area contributed by atoms with Crippen molar-refractivity contribution in [2.75, 3.05) is 0 Å². The van der Waals surface area contributed by atoms with Crippen molar-refractivity contribution in [1.29, 1.82) is 0 Å². The van der Waals surface area contributed by atoms with Crippen LogP contribution in [0.2, 0.25) is 15.1 Å². The number of aromatic nitrogens is 3. The van der Waals surface area contributed by atoms with Gasteiger partial charge in [-0.15, -0.1) is 0 Å². The number of halogens is 3. The molecule has 0 atom stereocenters. The smallest absolute Gasteiger partial charge is 0.214 e. The first-order valence-corrected chi connectivity index (χ1v) is 8.42. The van der Waals surface area contributed by atoms with E-state index in [9.17, 15) is 0 Å². The fraction of sp³-hybridized carbons (Fsp3) is 0.0556. The van der Waals surface area contributed by atoms with Crippen molar-refractivity contribution in [2.24, 2.45) is 7.05 Å². The van der Waals surface area contributed by atoms with Crippen molar-refractivity contribution < 1.29 is 0 Å². The molecule has 0 radical (unpaired) electrons. The van der Waals surface area contributed by atoms with Crippen molar-refractivity contribution in [2.45, 2.75) is 0 Å². The number of hydrogen-bond acceptors (Lipinski definition) is 1. The molecule has 0 amide bonds. The molecule has 2 aromatic heterocycles. The van der Waals surface area contributed by atoms with E-state index in [2.05, 4.69) is 0 Å². The van der Waals surface area contributed by atoms with Gasteiger partial charge in [0, 0.05) is 35.6 Å². The maximum atomic E-state index is 6.13. The van der Waals surface area contributed by atoms with E-state index >= 15 is 0 Å². The van der Waals surface area contributed by atoms with E-state index in [1.807, 2.05) is 64.8 Å². The van der Waals surface area contributed by atoms with E-state index in [4.69, 9.17) is 39.8 Å². The summed E-state index contributed by atoms with van der Waals surface area (Å²) in [7, 11) is 1.98. The highest BCUT2D eigenvalue weighted by atomic mass is 35.5. The van der Waals surface area contributed by atoms with Gasteiger partial charge in [-0.2, -0.15) is 0 Å². The van der Waals surface area contributed by atoms with Gasteiger partial charge in [-0.05, 0) is 24.3 Å². The highest BCUT2D eigenvalue weighted by Crippen LogP contribution is 2.30. The van der Waals surface area contributed by atoms with Crippen LogP contribution in [0.4, 0.5) is 0 Å². The van der Waals surface area contributed by atoms with Gasteiger partial charge < -0.3 is 4.57 Å². The minimum Gasteiger partial charge on any atom is -0.313 e. The van der Waals surface area contributed by atoms with Crippen LogP contribution < -0.4 is 0 Å². The first kappa shape index (κ1) is 15.6. The van der Waals surface area contributed by atoms with Gasteiger partial charge in [-0.3, -0.25) is 4.40 Å². The topological polar surface area (TPSA) is 22.2 Å². The standard InChI is InChI=1S/C18H12Cl3N3/c1-23-17(12-4-7-14(20)15(21)8-12)10-24-9-16(22-18(23)24)11-2-5-13(19)6-3-11/h2-10H,1H3. The summed E-state index contributed by atoms with van der Waals surface area (Å²) in [6.07, 6.45) is 4.03. The Kier molecular flexibility index (Phi) is 3.80. The maximum absolute atomic E-state index is 6.13. The third kappa shape index (κ3) is 2.59. The highest BCUT2D eigenvalue weighted by Gasteiger charge is 2.13. The van der Waals surface area contributed by atoms with Crippen molar-refractivity contribution >= 4 is 40.6 Å². The zero-order valence-electron chi connectivity index (χ0n) is 12.7. The molecule has 0 aliphatic rings. The van der Waals surface area contributed by atoms with Crippen molar-refractivity contribution in [3.63, 3.8) is 0 Å². The van der Waals surface area contributed by atoms with E-state index in [1.54, 1.807) is 6.07 Å². The number of benzene rings is 2. The molecule has 0 saturated carbocycles. The van der Waals surface area contributed by atoms with Gasteiger partial charge in [0.05, 0.1) is 21.4 Å². The summed E-state index contributed by atoms with van der Waals surface area (Å²) in [5.41, 5.74) is 3.93. The molecule has 0 unspecified atom stereocenters. The average Bonchev–Trinajstić information content (AvgIpc) is 3.11. The lowest BCUT2D eigenvalue weighted by Crippen LogP contribution is -1.92. The Morgan fingerprint density at radius 3 is 2.21 bits per heavy atom. The number of hydrogen-bond donors (Lipinski definition) is 0. The normalized spacial score (nSPS) is 11.3. The highest BCUT2D eigenvalue weighted by molar-refractivity contribution is 6.42. The monoisotopic (exact) mass is 375 g/mol. The molecular formula is C18H12Cl3N3. The van der Waals surface area contributed by atoms with E-state index < -0.39 is 0 Å². The summed E-state index contributed by atoms with van der Waals surface area (Å²) >= 11 is 18.1. The molecule has 0 bridgehead atoms. The number of nitrogens with zero attached hydrogens (tertiary/aromatic N) is 3. The summed E-state index contributed by atoms with van der Waals surface area (Å²) in [4.78, 5) is 4.72. The first-order valence-electron chi connectivity index (χ1n) is 7.29. The SMILES string of the molecule is Cn1c(-c2ccc(Cl)c(Cl)c2)cn2cc(-c3ccc(Cl)cc3)nc12. The summed E-state index contributed by atoms with van der Waals surface area (Å²) < 4.78 is 4.03. The second-order valence-electron chi connectivity index (χ2n) is 5.54.